The van der Waals surface area contributed by atoms with E-state index in [0.717, 1.165) is 17.8 Å². The number of hydrogen-bond acceptors (Lipinski definition) is 4. The number of carbonyl (C=O) groups is 1. The van der Waals surface area contributed by atoms with Crippen molar-refractivity contribution in [2.75, 3.05) is 30.9 Å². The fourth-order valence-corrected chi connectivity index (χ4v) is 1.93. The van der Waals surface area contributed by atoms with E-state index >= 15 is 0 Å². The van der Waals surface area contributed by atoms with Crippen molar-refractivity contribution in [1.82, 2.24) is 10.0 Å². The number of amides is 1. The van der Waals surface area contributed by atoms with Gasteiger partial charge >= 0.3 is 0 Å². The summed E-state index contributed by atoms with van der Waals surface area (Å²) in [5.74, 6) is 1.77. The molecule has 0 aliphatic heterocycles. The molecular formula is C8H18N2O3S2. The molecule has 0 aromatic carbocycles. The minimum absolute atomic E-state index is 0.0359. The smallest absolute Gasteiger partial charge is 0.220 e. The second-order valence-electron chi connectivity index (χ2n) is 2.96. The molecule has 15 heavy (non-hydrogen) atoms. The Hall–Kier alpha value is -0.270. The molecule has 0 heterocycles. The van der Waals surface area contributed by atoms with Gasteiger partial charge in [-0.05, 0) is 5.75 Å². The summed E-state index contributed by atoms with van der Waals surface area (Å²) < 4.78 is 23.6. The van der Waals surface area contributed by atoms with E-state index in [9.17, 15) is 13.2 Å². The highest BCUT2D eigenvalue weighted by Crippen LogP contribution is 1.99. The summed E-state index contributed by atoms with van der Waals surface area (Å²) in [6, 6.07) is 0. The van der Waals surface area contributed by atoms with Crippen molar-refractivity contribution in [3.8, 4) is 0 Å². The molecule has 0 aliphatic carbocycles. The molecule has 0 radical (unpaired) electrons. The van der Waals surface area contributed by atoms with E-state index in [1.165, 1.54) is 0 Å². The standard InChI is InChI=1S/C8H18N2O3S2/c1-3-14-7-4-8(11)9-5-6-10-15(2,12)13/h10H,3-7H2,1-2H3,(H,9,11). The average Bonchev–Trinajstić information content (AvgIpc) is 2.11. The molecule has 1 amide bonds. The lowest BCUT2D eigenvalue weighted by atomic mass is 10.4. The first-order valence-corrected chi connectivity index (χ1v) is 7.79. The van der Waals surface area contributed by atoms with Crippen LogP contribution in [0, 0.1) is 0 Å². The Bertz CT molecular complexity index is 278. The van der Waals surface area contributed by atoms with Crippen molar-refractivity contribution >= 4 is 27.7 Å². The summed E-state index contributed by atoms with van der Waals surface area (Å²) in [5, 5.41) is 2.63. The molecule has 0 aromatic heterocycles. The highest BCUT2D eigenvalue weighted by Gasteiger charge is 2.01. The maximum absolute atomic E-state index is 11.1. The fourth-order valence-electron chi connectivity index (χ4n) is 0.836. The third-order valence-electron chi connectivity index (χ3n) is 1.49. The maximum Gasteiger partial charge on any atom is 0.220 e. The first-order chi connectivity index (χ1) is 6.95. The van der Waals surface area contributed by atoms with Crippen LogP contribution < -0.4 is 10.0 Å². The second kappa shape index (κ2) is 7.95. The molecule has 0 saturated heterocycles. The van der Waals surface area contributed by atoms with Crippen molar-refractivity contribution in [3.05, 3.63) is 0 Å². The third-order valence-corrected chi connectivity index (χ3v) is 3.12. The Kier molecular flexibility index (Phi) is 7.81. The van der Waals surface area contributed by atoms with Gasteiger partial charge in [-0.2, -0.15) is 11.8 Å². The molecule has 0 spiro atoms. The number of thioether (sulfide) groups is 1. The van der Waals surface area contributed by atoms with Crippen LogP contribution in [0.4, 0.5) is 0 Å². The Morgan fingerprint density at radius 2 is 2.00 bits per heavy atom. The first kappa shape index (κ1) is 14.7. The highest BCUT2D eigenvalue weighted by atomic mass is 32.2. The van der Waals surface area contributed by atoms with Crippen LogP contribution in [0.25, 0.3) is 0 Å². The predicted molar refractivity (Wildman–Crippen MR) is 63.5 cm³/mol. The maximum atomic E-state index is 11.1. The lowest BCUT2D eigenvalue weighted by Gasteiger charge is -2.05. The number of carbonyl (C=O) groups excluding carboxylic acids is 1. The molecule has 0 fully saturated rings. The molecule has 0 aromatic rings. The Morgan fingerprint density at radius 3 is 2.53 bits per heavy atom. The number of sulfonamides is 1. The molecule has 0 unspecified atom stereocenters. The molecule has 0 rings (SSSR count). The second-order valence-corrected chi connectivity index (χ2v) is 6.19. The van der Waals surface area contributed by atoms with Crippen molar-refractivity contribution in [1.29, 1.82) is 0 Å². The van der Waals surface area contributed by atoms with Gasteiger partial charge in [0.05, 0.1) is 6.26 Å². The quantitative estimate of drug-likeness (QED) is 0.588. The number of hydrogen-bond donors (Lipinski definition) is 2. The van der Waals surface area contributed by atoms with Gasteiger partial charge in [0.15, 0.2) is 0 Å². The van der Waals surface area contributed by atoms with E-state index in [0.29, 0.717) is 13.0 Å². The van der Waals surface area contributed by atoms with E-state index in [4.69, 9.17) is 0 Å². The van der Waals surface area contributed by atoms with Crippen LogP contribution in [0.5, 0.6) is 0 Å². The Morgan fingerprint density at radius 1 is 1.33 bits per heavy atom. The van der Waals surface area contributed by atoms with Crippen molar-refractivity contribution in [3.63, 3.8) is 0 Å². The summed E-state index contributed by atoms with van der Waals surface area (Å²) in [4.78, 5) is 11.1. The van der Waals surface area contributed by atoms with Crippen LogP contribution in [0.1, 0.15) is 13.3 Å². The van der Waals surface area contributed by atoms with Gasteiger partial charge in [-0.1, -0.05) is 6.92 Å². The highest BCUT2D eigenvalue weighted by molar-refractivity contribution is 7.99. The van der Waals surface area contributed by atoms with E-state index in [1.807, 2.05) is 6.92 Å². The number of rotatable bonds is 8. The van der Waals surface area contributed by atoms with Gasteiger partial charge in [0.1, 0.15) is 0 Å². The summed E-state index contributed by atoms with van der Waals surface area (Å²) in [6.07, 6.45) is 1.57. The normalized spacial score (nSPS) is 11.3. The van der Waals surface area contributed by atoms with Gasteiger partial charge in [0, 0.05) is 25.3 Å². The largest absolute Gasteiger partial charge is 0.355 e. The first-order valence-electron chi connectivity index (χ1n) is 4.74. The van der Waals surface area contributed by atoms with E-state index in [-0.39, 0.29) is 12.5 Å². The summed E-state index contributed by atoms with van der Waals surface area (Å²) in [7, 11) is -3.15. The Labute approximate surface area is 95.4 Å². The van der Waals surface area contributed by atoms with E-state index < -0.39 is 10.0 Å². The SMILES string of the molecule is CCSCCC(=O)NCCNS(C)(=O)=O. The van der Waals surface area contributed by atoms with Crippen molar-refractivity contribution < 1.29 is 13.2 Å². The van der Waals surface area contributed by atoms with Gasteiger partial charge in [-0.25, -0.2) is 13.1 Å². The van der Waals surface area contributed by atoms with E-state index in [2.05, 4.69) is 10.0 Å². The summed E-state index contributed by atoms with van der Waals surface area (Å²) in [5.41, 5.74) is 0. The average molecular weight is 254 g/mol. The van der Waals surface area contributed by atoms with Crippen LogP contribution in [0.3, 0.4) is 0 Å². The molecule has 5 nitrogen and oxygen atoms in total. The molecular weight excluding hydrogens is 236 g/mol. The van der Waals surface area contributed by atoms with Gasteiger partial charge in [0.25, 0.3) is 0 Å². The third kappa shape index (κ3) is 11.7. The Balaban J connectivity index is 3.39. The molecule has 7 heteroatoms. The van der Waals surface area contributed by atoms with Crippen molar-refractivity contribution in [2.24, 2.45) is 0 Å². The fraction of sp³-hybridized carbons (Fsp3) is 0.875. The van der Waals surface area contributed by atoms with Crippen LogP contribution in [0.2, 0.25) is 0 Å². The molecule has 0 atom stereocenters. The zero-order valence-electron chi connectivity index (χ0n) is 9.08. The lowest BCUT2D eigenvalue weighted by Crippen LogP contribution is -2.34. The predicted octanol–water partition coefficient (Wildman–Crippen LogP) is -0.205. The zero-order valence-corrected chi connectivity index (χ0v) is 10.7. The van der Waals surface area contributed by atoms with Crippen LogP contribution in [0.15, 0.2) is 0 Å². The molecule has 0 aliphatic rings. The van der Waals surface area contributed by atoms with E-state index in [1.54, 1.807) is 11.8 Å². The van der Waals surface area contributed by atoms with Gasteiger partial charge in [0.2, 0.25) is 15.9 Å². The summed E-state index contributed by atoms with van der Waals surface area (Å²) in [6.45, 7) is 2.62. The molecule has 0 saturated carbocycles. The molecule has 2 N–H and O–H groups in total. The zero-order chi connectivity index (χ0) is 11.7. The monoisotopic (exact) mass is 254 g/mol. The van der Waals surface area contributed by atoms with Gasteiger partial charge in [-0.15, -0.1) is 0 Å². The van der Waals surface area contributed by atoms with Crippen LogP contribution in [-0.2, 0) is 14.8 Å². The number of nitrogens with one attached hydrogen (secondary N) is 2. The van der Waals surface area contributed by atoms with Crippen LogP contribution in [-0.4, -0.2) is 45.2 Å². The van der Waals surface area contributed by atoms with Crippen molar-refractivity contribution in [2.45, 2.75) is 13.3 Å². The molecule has 90 valence electrons. The van der Waals surface area contributed by atoms with Gasteiger partial charge < -0.3 is 5.32 Å². The van der Waals surface area contributed by atoms with Gasteiger partial charge in [-0.3, -0.25) is 4.79 Å². The lowest BCUT2D eigenvalue weighted by molar-refractivity contribution is -0.120. The van der Waals surface area contributed by atoms with Crippen LogP contribution >= 0.6 is 11.8 Å². The minimum atomic E-state index is -3.15. The molecule has 0 bridgehead atoms. The minimum Gasteiger partial charge on any atom is -0.355 e. The topological polar surface area (TPSA) is 75.3 Å². The summed E-state index contributed by atoms with van der Waals surface area (Å²) >= 11 is 1.71.